The number of amides is 1. The van der Waals surface area contributed by atoms with E-state index in [0.717, 1.165) is 36.8 Å². The van der Waals surface area contributed by atoms with Gasteiger partial charge < -0.3 is 15.2 Å². The summed E-state index contributed by atoms with van der Waals surface area (Å²) in [5.41, 5.74) is 1.86. The third-order valence-corrected chi connectivity index (χ3v) is 4.39. The number of hydrogen-bond donors (Lipinski definition) is 2. The van der Waals surface area contributed by atoms with Gasteiger partial charge in [-0.1, -0.05) is 17.7 Å². The van der Waals surface area contributed by atoms with E-state index in [2.05, 4.69) is 5.32 Å². The number of ether oxygens (including phenoxy) is 1. The normalized spacial score (nSPS) is 19.5. The summed E-state index contributed by atoms with van der Waals surface area (Å²) >= 11 is 0. The van der Waals surface area contributed by atoms with Crippen LogP contribution in [0.2, 0.25) is 0 Å². The van der Waals surface area contributed by atoms with Crippen LogP contribution in [-0.2, 0) is 4.74 Å². The van der Waals surface area contributed by atoms with E-state index in [1.807, 2.05) is 33.8 Å². The topological polar surface area (TPSA) is 75.6 Å². The molecule has 1 amide bonds. The van der Waals surface area contributed by atoms with Gasteiger partial charge in [-0.15, -0.1) is 0 Å². The van der Waals surface area contributed by atoms with Crippen molar-refractivity contribution in [1.29, 1.82) is 0 Å². The minimum absolute atomic E-state index is 0.109. The highest BCUT2D eigenvalue weighted by Crippen LogP contribution is 2.27. The minimum Gasteiger partial charge on any atom is -0.478 e. The second-order valence-electron chi connectivity index (χ2n) is 8.22. The standard InChI is InChI=1S/C13H22NO2.C9H10O2/c1-10-5-7-11(8-6-10)9-14-12(15)16-13(2,3)4;1-6-3-4-8(9(10)11)7(2)5-6/h10-11H,5-9H2,2-4H3,(H,14,15);3-5H,1-2H3,(H,10,11)/t10-,11-;. The zero-order chi connectivity index (χ0) is 20.6. The first-order valence-electron chi connectivity index (χ1n) is 9.46. The molecule has 0 spiro atoms. The van der Waals surface area contributed by atoms with Crippen molar-refractivity contribution >= 4 is 12.1 Å². The van der Waals surface area contributed by atoms with Gasteiger partial charge in [0.05, 0.1) is 5.56 Å². The molecular weight excluding hydrogens is 342 g/mol. The summed E-state index contributed by atoms with van der Waals surface area (Å²) < 4.78 is 5.16. The summed E-state index contributed by atoms with van der Waals surface area (Å²) in [6, 6.07) is 5.30. The van der Waals surface area contributed by atoms with Crippen molar-refractivity contribution in [1.82, 2.24) is 5.32 Å². The second-order valence-corrected chi connectivity index (χ2v) is 8.22. The van der Waals surface area contributed by atoms with Gasteiger partial charge >= 0.3 is 12.1 Å². The molecule has 149 valence electrons. The van der Waals surface area contributed by atoms with Gasteiger partial charge in [0.1, 0.15) is 5.60 Å². The highest BCUT2D eigenvalue weighted by atomic mass is 16.6. The fourth-order valence-corrected chi connectivity index (χ4v) is 2.96. The fourth-order valence-electron chi connectivity index (χ4n) is 2.96. The lowest BCUT2D eigenvalue weighted by Crippen LogP contribution is -2.36. The Hall–Kier alpha value is -2.04. The number of hydrogen-bond acceptors (Lipinski definition) is 3. The first kappa shape index (κ1) is 23.0. The van der Waals surface area contributed by atoms with Crippen molar-refractivity contribution in [3.05, 3.63) is 41.8 Å². The highest BCUT2D eigenvalue weighted by Gasteiger charge is 2.20. The summed E-state index contributed by atoms with van der Waals surface area (Å²) in [5.74, 6) is -0.227. The summed E-state index contributed by atoms with van der Waals surface area (Å²) in [4.78, 5) is 21.9. The van der Waals surface area contributed by atoms with Crippen LogP contribution in [0.25, 0.3) is 0 Å². The van der Waals surface area contributed by atoms with Crippen molar-refractivity contribution in [2.45, 2.75) is 65.9 Å². The second kappa shape index (κ2) is 10.3. The van der Waals surface area contributed by atoms with Gasteiger partial charge in [0.25, 0.3) is 0 Å². The van der Waals surface area contributed by atoms with E-state index in [4.69, 9.17) is 16.8 Å². The monoisotopic (exact) mass is 374 g/mol. The molecule has 1 aromatic rings. The molecule has 3 radical (unpaired) electrons. The molecule has 0 saturated heterocycles. The Kier molecular flexibility index (Phi) is 8.80. The Morgan fingerprint density at radius 2 is 1.78 bits per heavy atom. The third-order valence-electron chi connectivity index (χ3n) is 4.39. The lowest BCUT2D eigenvalue weighted by Gasteiger charge is -2.26. The van der Waals surface area contributed by atoms with Crippen LogP contribution >= 0.6 is 0 Å². The maximum atomic E-state index is 11.4. The molecule has 0 atom stereocenters. The molecule has 2 rings (SSSR count). The molecule has 0 heterocycles. The predicted octanol–water partition coefficient (Wildman–Crippen LogP) is 4.91. The number of nitrogens with one attached hydrogen (secondary N) is 1. The van der Waals surface area contributed by atoms with Gasteiger partial charge in [0.2, 0.25) is 0 Å². The molecule has 1 fully saturated rings. The number of aromatic carboxylic acids is 1. The predicted molar refractivity (Wildman–Crippen MR) is 106 cm³/mol. The number of rotatable bonds is 3. The Labute approximate surface area is 163 Å². The van der Waals surface area contributed by atoms with Crippen molar-refractivity contribution < 1.29 is 19.4 Å². The number of carboxylic acid groups (broad SMARTS) is 1. The highest BCUT2D eigenvalue weighted by molar-refractivity contribution is 5.89. The van der Waals surface area contributed by atoms with Crippen molar-refractivity contribution in [2.75, 3.05) is 6.54 Å². The first-order chi connectivity index (χ1) is 12.5. The molecule has 0 aliphatic heterocycles. The molecule has 5 nitrogen and oxygen atoms in total. The third kappa shape index (κ3) is 9.45. The van der Waals surface area contributed by atoms with Crippen LogP contribution in [0.15, 0.2) is 18.2 Å². The summed E-state index contributed by atoms with van der Waals surface area (Å²) in [5, 5.41) is 11.5. The first-order valence-corrected chi connectivity index (χ1v) is 9.46. The van der Waals surface area contributed by atoms with E-state index in [0.29, 0.717) is 18.0 Å². The van der Waals surface area contributed by atoms with Gasteiger partial charge in [-0.25, -0.2) is 9.59 Å². The average Bonchev–Trinajstić information content (AvgIpc) is 2.53. The zero-order valence-electron chi connectivity index (χ0n) is 17.1. The quantitative estimate of drug-likeness (QED) is 0.788. The minimum atomic E-state index is -0.859. The molecule has 0 bridgehead atoms. The van der Waals surface area contributed by atoms with Crippen molar-refractivity contribution in [2.24, 2.45) is 11.8 Å². The van der Waals surface area contributed by atoms with Crippen LogP contribution in [0.1, 0.15) is 67.9 Å². The number of carboxylic acids is 1. The van der Waals surface area contributed by atoms with Gasteiger partial charge in [-0.05, 0) is 90.7 Å². The van der Waals surface area contributed by atoms with Gasteiger partial charge in [0, 0.05) is 6.54 Å². The molecule has 1 aliphatic rings. The van der Waals surface area contributed by atoms with Crippen LogP contribution in [-0.4, -0.2) is 29.3 Å². The SMILES string of the molecule is Cc1ccc(C(=O)O)c(C)c1.[C][C@H]1CC[C@H](CNC(=O)OC(C)(C)C)CC1. The largest absolute Gasteiger partial charge is 0.478 e. The lowest BCUT2D eigenvalue weighted by molar-refractivity contribution is 0.0513. The number of benzene rings is 1. The average molecular weight is 375 g/mol. The van der Waals surface area contributed by atoms with Gasteiger partial charge in [-0.3, -0.25) is 0 Å². The molecule has 1 aromatic carbocycles. The van der Waals surface area contributed by atoms with E-state index in [-0.39, 0.29) is 12.0 Å². The van der Waals surface area contributed by atoms with Crippen molar-refractivity contribution in [3.63, 3.8) is 0 Å². The maximum Gasteiger partial charge on any atom is 0.407 e. The fraction of sp³-hybridized carbons (Fsp3) is 0.591. The summed E-state index contributed by atoms with van der Waals surface area (Å²) in [7, 11) is 0. The van der Waals surface area contributed by atoms with Crippen LogP contribution < -0.4 is 5.32 Å². The Bertz CT molecular complexity index is 626. The van der Waals surface area contributed by atoms with Gasteiger partial charge in [-0.2, -0.15) is 0 Å². The maximum absolute atomic E-state index is 11.4. The number of alkyl carbamates (subject to hydrolysis) is 1. The molecule has 1 aliphatic carbocycles. The van der Waals surface area contributed by atoms with E-state index in [1.165, 1.54) is 0 Å². The van der Waals surface area contributed by atoms with E-state index >= 15 is 0 Å². The van der Waals surface area contributed by atoms with E-state index in [1.54, 1.807) is 19.1 Å². The zero-order valence-corrected chi connectivity index (χ0v) is 17.1. The molecule has 2 N–H and O–H groups in total. The van der Waals surface area contributed by atoms with E-state index < -0.39 is 11.6 Å². The van der Waals surface area contributed by atoms with Crippen LogP contribution in [0.5, 0.6) is 0 Å². The van der Waals surface area contributed by atoms with Crippen molar-refractivity contribution in [3.8, 4) is 0 Å². The molecule has 0 aromatic heterocycles. The molecule has 1 saturated carbocycles. The Morgan fingerprint density at radius 3 is 2.26 bits per heavy atom. The van der Waals surface area contributed by atoms with Gasteiger partial charge in [0.15, 0.2) is 0 Å². The Balaban J connectivity index is 0.000000289. The number of carbonyl (C=O) groups is 2. The number of aryl methyl sites for hydroxylation is 2. The van der Waals surface area contributed by atoms with E-state index in [9.17, 15) is 9.59 Å². The molecule has 0 unspecified atom stereocenters. The molecule has 27 heavy (non-hydrogen) atoms. The summed E-state index contributed by atoms with van der Waals surface area (Å²) in [6.45, 7) is 17.6. The van der Waals surface area contributed by atoms with Crippen LogP contribution in [0.3, 0.4) is 0 Å². The Morgan fingerprint density at radius 1 is 1.19 bits per heavy atom. The number of carbonyl (C=O) groups excluding carboxylic acids is 1. The molecular formula is C22H32NO4. The lowest BCUT2D eigenvalue weighted by atomic mass is 9.83. The van der Waals surface area contributed by atoms with Crippen LogP contribution in [0, 0.1) is 32.6 Å². The summed E-state index contributed by atoms with van der Waals surface area (Å²) in [6.07, 6.45) is 3.68. The van der Waals surface area contributed by atoms with Crippen LogP contribution in [0.4, 0.5) is 4.79 Å². The molecule has 5 heteroatoms. The smallest absolute Gasteiger partial charge is 0.407 e.